The van der Waals surface area contributed by atoms with Crippen LogP contribution in [0.5, 0.6) is 0 Å². The number of carbonyl (C=O) groups excluding carboxylic acids is 2. The molecule has 202 valence electrons. The van der Waals surface area contributed by atoms with Crippen molar-refractivity contribution < 1.29 is 9.59 Å². The zero-order valence-electron chi connectivity index (χ0n) is 21.6. The van der Waals surface area contributed by atoms with Gasteiger partial charge in [-0.05, 0) is 24.5 Å². The van der Waals surface area contributed by atoms with Gasteiger partial charge in [-0.2, -0.15) is 0 Å². The number of halogens is 1. The number of hydrogen-bond donors (Lipinski definition) is 2. The van der Waals surface area contributed by atoms with Gasteiger partial charge in [0.2, 0.25) is 5.91 Å². The van der Waals surface area contributed by atoms with Crippen molar-refractivity contribution in [2.45, 2.75) is 38.0 Å². The first-order valence-electron chi connectivity index (χ1n) is 12.4. The number of thiazole rings is 1. The van der Waals surface area contributed by atoms with Crippen molar-refractivity contribution in [3.05, 3.63) is 89.0 Å². The number of thioether (sulfide) groups is 1. The smallest absolute Gasteiger partial charge is 0.253 e. The quantitative estimate of drug-likeness (QED) is 0.147. The van der Waals surface area contributed by atoms with Crippen molar-refractivity contribution in [2.75, 3.05) is 11.1 Å². The first kappa shape index (κ1) is 28.5. The highest BCUT2D eigenvalue weighted by molar-refractivity contribution is 7.99. The summed E-state index contributed by atoms with van der Waals surface area (Å²) in [7, 11) is 0. The number of aromatic nitrogens is 4. The lowest BCUT2D eigenvalue weighted by Gasteiger charge is -2.21. The number of carbonyl (C=O) groups is 2. The molecule has 4 rings (SSSR count). The third-order valence-electron chi connectivity index (χ3n) is 5.65. The average molecular weight is 581 g/mol. The van der Waals surface area contributed by atoms with Gasteiger partial charge in [-0.25, -0.2) is 4.98 Å². The van der Waals surface area contributed by atoms with E-state index in [1.807, 2.05) is 40.3 Å². The molecule has 2 aromatic heterocycles. The molecule has 2 aromatic carbocycles. The topological polar surface area (TPSA) is 102 Å². The van der Waals surface area contributed by atoms with Crippen LogP contribution < -0.4 is 10.6 Å². The molecule has 0 spiro atoms. The fourth-order valence-electron chi connectivity index (χ4n) is 3.91. The fourth-order valence-corrected chi connectivity index (χ4v) is 5.62. The van der Waals surface area contributed by atoms with E-state index >= 15 is 0 Å². The second-order valence-corrected chi connectivity index (χ2v) is 11.3. The zero-order valence-corrected chi connectivity index (χ0v) is 24.0. The summed E-state index contributed by atoms with van der Waals surface area (Å²) in [6.45, 7) is 8.43. The number of benzene rings is 2. The van der Waals surface area contributed by atoms with Crippen LogP contribution in [0.1, 0.15) is 42.5 Å². The molecule has 1 atom stereocenters. The Morgan fingerprint density at radius 2 is 1.87 bits per heavy atom. The molecule has 0 fully saturated rings. The Bertz CT molecular complexity index is 1440. The molecule has 0 aliphatic carbocycles. The van der Waals surface area contributed by atoms with Crippen molar-refractivity contribution in [1.29, 1.82) is 0 Å². The lowest BCUT2D eigenvalue weighted by molar-refractivity contribution is -0.113. The summed E-state index contributed by atoms with van der Waals surface area (Å²) in [5.41, 5.74) is 2.20. The number of nitrogens with one attached hydrogen (secondary N) is 2. The Morgan fingerprint density at radius 1 is 1.13 bits per heavy atom. The highest BCUT2D eigenvalue weighted by Crippen LogP contribution is 2.27. The van der Waals surface area contributed by atoms with Crippen molar-refractivity contribution in [3.8, 4) is 11.3 Å². The zero-order chi connectivity index (χ0) is 27.8. The summed E-state index contributed by atoms with van der Waals surface area (Å²) >= 11 is 8.89. The number of nitrogens with zero attached hydrogens (tertiary/aromatic N) is 4. The van der Waals surface area contributed by atoms with Crippen LogP contribution in [0.4, 0.5) is 5.13 Å². The minimum atomic E-state index is -0.406. The Balaban J connectivity index is 1.46. The number of hydrogen-bond acceptors (Lipinski definition) is 7. The van der Waals surface area contributed by atoms with Crippen molar-refractivity contribution in [1.82, 2.24) is 25.1 Å². The standard InChI is InChI=1S/C28H29ClN6O2S2/c1-4-14-35-25(22(15-18(2)3)30-26(37)20-12-8-9-13-21(20)29)33-34-28(35)39-17-24(36)32-27-31-23(16-38-27)19-10-6-5-7-11-19/h4-13,16,18,22H,1,14-15,17H2,2-3H3,(H,30,37)(H,31,32,36)/t22-/m1/s1. The minimum absolute atomic E-state index is 0.121. The van der Waals surface area contributed by atoms with Crippen LogP contribution in [0.15, 0.2) is 77.8 Å². The van der Waals surface area contributed by atoms with Gasteiger partial charge in [0.05, 0.1) is 28.1 Å². The van der Waals surface area contributed by atoms with Gasteiger partial charge >= 0.3 is 0 Å². The molecule has 0 aliphatic rings. The van der Waals surface area contributed by atoms with Crippen LogP contribution >= 0.6 is 34.7 Å². The number of rotatable bonds is 12. The van der Waals surface area contributed by atoms with Crippen LogP contribution in [-0.4, -0.2) is 37.3 Å². The summed E-state index contributed by atoms with van der Waals surface area (Å²) < 4.78 is 1.88. The van der Waals surface area contributed by atoms with Crippen molar-refractivity contribution in [2.24, 2.45) is 5.92 Å². The second-order valence-electron chi connectivity index (χ2n) is 9.12. The van der Waals surface area contributed by atoms with E-state index in [2.05, 4.69) is 46.2 Å². The summed E-state index contributed by atoms with van der Waals surface area (Å²) in [5.74, 6) is 0.507. The molecule has 4 aromatic rings. The Kier molecular flexibility index (Phi) is 9.91. The van der Waals surface area contributed by atoms with E-state index in [0.717, 1.165) is 11.3 Å². The Hall–Kier alpha value is -3.47. The highest BCUT2D eigenvalue weighted by Gasteiger charge is 2.25. The average Bonchev–Trinajstić information content (AvgIpc) is 3.55. The first-order valence-corrected chi connectivity index (χ1v) is 14.6. The normalized spacial score (nSPS) is 11.8. The van der Waals surface area contributed by atoms with Gasteiger partial charge in [0, 0.05) is 17.5 Å². The summed E-state index contributed by atoms with van der Waals surface area (Å²) in [4.78, 5) is 30.3. The molecule has 0 unspecified atom stereocenters. The second kappa shape index (κ2) is 13.5. The van der Waals surface area contributed by atoms with Gasteiger partial charge in [0.15, 0.2) is 16.1 Å². The lowest BCUT2D eigenvalue weighted by atomic mass is 10.0. The molecular weight excluding hydrogens is 552 g/mol. The van der Waals surface area contributed by atoms with Gasteiger partial charge in [-0.15, -0.1) is 28.1 Å². The molecular formula is C28H29ClN6O2S2. The van der Waals surface area contributed by atoms with E-state index < -0.39 is 6.04 Å². The van der Waals surface area contributed by atoms with E-state index in [-0.39, 0.29) is 23.5 Å². The van der Waals surface area contributed by atoms with Gasteiger partial charge in [0.25, 0.3) is 5.91 Å². The largest absolute Gasteiger partial charge is 0.342 e. The van der Waals surface area contributed by atoms with Gasteiger partial charge < -0.3 is 15.2 Å². The molecule has 0 bridgehead atoms. The summed E-state index contributed by atoms with van der Waals surface area (Å²) in [5, 5.41) is 18.1. The van der Waals surface area contributed by atoms with E-state index in [1.54, 1.807) is 30.3 Å². The summed E-state index contributed by atoms with van der Waals surface area (Å²) in [6.07, 6.45) is 2.38. The molecule has 39 heavy (non-hydrogen) atoms. The number of amides is 2. The maximum absolute atomic E-state index is 13.1. The molecule has 2 N–H and O–H groups in total. The molecule has 8 nitrogen and oxygen atoms in total. The fraction of sp³-hybridized carbons (Fsp3) is 0.250. The van der Waals surface area contributed by atoms with E-state index in [4.69, 9.17) is 11.6 Å². The maximum Gasteiger partial charge on any atom is 0.253 e. The predicted molar refractivity (Wildman–Crippen MR) is 158 cm³/mol. The third-order valence-corrected chi connectivity index (χ3v) is 7.71. The molecule has 0 aliphatic heterocycles. The maximum atomic E-state index is 13.1. The Morgan fingerprint density at radius 3 is 2.59 bits per heavy atom. The number of allylic oxidation sites excluding steroid dienone is 1. The van der Waals surface area contributed by atoms with Crippen LogP contribution in [0, 0.1) is 5.92 Å². The van der Waals surface area contributed by atoms with E-state index in [0.29, 0.717) is 39.7 Å². The number of anilines is 1. The molecule has 11 heteroatoms. The minimum Gasteiger partial charge on any atom is -0.342 e. The highest BCUT2D eigenvalue weighted by atomic mass is 35.5. The molecule has 2 heterocycles. The van der Waals surface area contributed by atoms with E-state index in [9.17, 15) is 9.59 Å². The van der Waals surface area contributed by atoms with Crippen molar-refractivity contribution >= 4 is 51.6 Å². The van der Waals surface area contributed by atoms with Crippen LogP contribution in [0.3, 0.4) is 0 Å². The van der Waals surface area contributed by atoms with Crippen LogP contribution in [-0.2, 0) is 11.3 Å². The lowest BCUT2D eigenvalue weighted by Crippen LogP contribution is -2.32. The van der Waals surface area contributed by atoms with Crippen LogP contribution in [0.2, 0.25) is 5.02 Å². The summed E-state index contributed by atoms with van der Waals surface area (Å²) in [6, 6.07) is 16.3. The first-order chi connectivity index (χ1) is 18.9. The van der Waals surface area contributed by atoms with Crippen molar-refractivity contribution in [3.63, 3.8) is 0 Å². The van der Waals surface area contributed by atoms with E-state index in [1.165, 1.54) is 23.1 Å². The SMILES string of the molecule is C=CCn1c(SCC(=O)Nc2nc(-c3ccccc3)cs2)nnc1[C@@H](CC(C)C)NC(=O)c1ccccc1Cl. The Labute approximate surface area is 240 Å². The third kappa shape index (κ3) is 7.56. The van der Waals surface area contributed by atoms with Crippen LogP contribution in [0.25, 0.3) is 11.3 Å². The van der Waals surface area contributed by atoms with Gasteiger partial charge in [-0.3, -0.25) is 9.59 Å². The van der Waals surface area contributed by atoms with Gasteiger partial charge in [-0.1, -0.05) is 85.8 Å². The predicted octanol–water partition coefficient (Wildman–Crippen LogP) is 6.49. The molecule has 0 radical (unpaired) electrons. The monoisotopic (exact) mass is 580 g/mol. The molecule has 2 amide bonds. The molecule has 0 saturated carbocycles. The van der Waals surface area contributed by atoms with Gasteiger partial charge in [0.1, 0.15) is 0 Å². The molecule has 0 saturated heterocycles.